The lowest BCUT2D eigenvalue weighted by Gasteiger charge is -2.04. The Morgan fingerprint density at radius 3 is 2.85 bits per heavy atom. The van der Waals surface area contributed by atoms with Crippen LogP contribution >= 0.6 is 0 Å². The van der Waals surface area contributed by atoms with Gasteiger partial charge in [-0.25, -0.2) is 9.67 Å². The number of hydrogen-bond acceptors (Lipinski definition) is 5. The number of para-hydroxylation sites is 1. The van der Waals surface area contributed by atoms with Crippen molar-refractivity contribution in [2.24, 2.45) is 0 Å². The van der Waals surface area contributed by atoms with Crippen molar-refractivity contribution < 1.29 is 4.92 Å². The van der Waals surface area contributed by atoms with E-state index in [-0.39, 0.29) is 11.5 Å². The Labute approximate surface area is 112 Å². The molecule has 0 unspecified atom stereocenters. The maximum Gasteiger partial charge on any atom is 0.307 e. The van der Waals surface area contributed by atoms with Gasteiger partial charge in [0.2, 0.25) is 0 Å². The number of benzene rings is 1. The maximum absolute atomic E-state index is 10.7. The van der Waals surface area contributed by atoms with Crippen molar-refractivity contribution in [3.05, 3.63) is 58.4 Å². The topological polar surface area (TPSA) is 97.6 Å². The van der Waals surface area contributed by atoms with Crippen molar-refractivity contribution in [2.45, 2.75) is 0 Å². The van der Waals surface area contributed by atoms with Crippen LogP contribution in [-0.2, 0) is 0 Å². The van der Waals surface area contributed by atoms with Crippen LogP contribution in [0.2, 0.25) is 0 Å². The summed E-state index contributed by atoms with van der Waals surface area (Å²) in [7, 11) is 0. The number of nitro groups is 1. The van der Waals surface area contributed by atoms with Crippen molar-refractivity contribution in [3.8, 4) is 11.9 Å². The third-order valence-electron chi connectivity index (χ3n) is 2.82. The molecule has 0 radical (unpaired) electrons. The predicted octanol–water partition coefficient (Wildman–Crippen LogP) is 2.20. The van der Waals surface area contributed by atoms with E-state index in [4.69, 9.17) is 0 Å². The monoisotopic (exact) mass is 265 g/mol. The Hall–Kier alpha value is -3.27. The van der Waals surface area contributed by atoms with Crippen molar-refractivity contribution in [2.75, 3.05) is 0 Å². The number of aromatic nitrogens is 3. The molecular weight excluding hydrogens is 258 g/mol. The number of rotatable bonds is 2. The van der Waals surface area contributed by atoms with Gasteiger partial charge >= 0.3 is 5.69 Å². The molecule has 2 aromatic heterocycles. The number of pyridine rings is 1. The van der Waals surface area contributed by atoms with E-state index in [0.29, 0.717) is 11.1 Å². The van der Waals surface area contributed by atoms with Crippen LogP contribution in [-0.4, -0.2) is 19.7 Å². The third-order valence-corrected chi connectivity index (χ3v) is 2.82. The lowest BCUT2D eigenvalue weighted by molar-refractivity contribution is -0.384. The van der Waals surface area contributed by atoms with Gasteiger partial charge in [0.25, 0.3) is 0 Å². The molecule has 0 aliphatic carbocycles. The summed E-state index contributed by atoms with van der Waals surface area (Å²) in [5.74, 6) is 0.277. The normalized spacial score (nSPS) is 10.3. The summed E-state index contributed by atoms with van der Waals surface area (Å²) >= 11 is 0. The molecule has 0 amide bonds. The van der Waals surface area contributed by atoms with Crippen LogP contribution in [0.25, 0.3) is 16.7 Å². The molecule has 0 N–H and O–H groups in total. The Balaban J connectivity index is 2.23. The van der Waals surface area contributed by atoms with Gasteiger partial charge in [-0.15, -0.1) is 0 Å². The quantitative estimate of drug-likeness (QED) is 0.522. The van der Waals surface area contributed by atoms with Gasteiger partial charge < -0.3 is 0 Å². The van der Waals surface area contributed by atoms with Gasteiger partial charge in [-0.1, -0.05) is 18.2 Å². The van der Waals surface area contributed by atoms with E-state index < -0.39 is 4.92 Å². The average Bonchev–Trinajstić information content (AvgIpc) is 2.95. The minimum Gasteiger partial charge on any atom is -0.258 e. The summed E-state index contributed by atoms with van der Waals surface area (Å²) in [5, 5.41) is 24.6. The molecule has 0 spiro atoms. The smallest absolute Gasteiger partial charge is 0.258 e. The van der Waals surface area contributed by atoms with E-state index in [9.17, 15) is 15.4 Å². The maximum atomic E-state index is 10.7. The molecule has 20 heavy (non-hydrogen) atoms. The largest absolute Gasteiger partial charge is 0.307 e. The highest BCUT2D eigenvalue weighted by Gasteiger charge is 2.14. The second-order valence-corrected chi connectivity index (χ2v) is 4.06. The molecule has 0 saturated carbocycles. The first-order chi connectivity index (χ1) is 9.69. The minimum atomic E-state index is -0.545. The molecule has 7 heteroatoms. The number of hydrogen-bond donors (Lipinski definition) is 0. The standard InChI is InChI=1S/C13H7N5O2/c14-6-10-5-9-3-1-2-4-12(9)16-13(10)17-8-11(7-15-17)18(19)20/h1-5,7-8H. The van der Waals surface area contributed by atoms with Crippen LogP contribution < -0.4 is 0 Å². The molecule has 0 aliphatic heterocycles. The van der Waals surface area contributed by atoms with Gasteiger partial charge in [-0.2, -0.15) is 10.4 Å². The van der Waals surface area contributed by atoms with Gasteiger partial charge in [0.05, 0.1) is 16.0 Å². The molecule has 96 valence electrons. The van der Waals surface area contributed by atoms with E-state index in [1.54, 1.807) is 12.1 Å². The van der Waals surface area contributed by atoms with E-state index in [1.807, 2.05) is 24.3 Å². The van der Waals surface area contributed by atoms with Crippen LogP contribution in [0.5, 0.6) is 0 Å². The summed E-state index contributed by atoms with van der Waals surface area (Å²) in [4.78, 5) is 14.5. The lowest BCUT2D eigenvalue weighted by atomic mass is 10.1. The first-order valence-electron chi connectivity index (χ1n) is 5.68. The molecule has 3 rings (SSSR count). The first-order valence-corrected chi connectivity index (χ1v) is 5.68. The third kappa shape index (κ3) is 1.85. The zero-order chi connectivity index (χ0) is 14.1. The fourth-order valence-electron chi connectivity index (χ4n) is 1.89. The van der Waals surface area contributed by atoms with Crippen LogP contribution in [0.1, 0.15) is 5.56 Å². The molecule has 0 bridgehead atoms. The summed E-state index contributed by atoms with van der Waals surface area (Å²) in [6.07, 6.45) is 2.36. The van der Waals surface area contributed by atoms with Crippen LogP contribution in [0.4, 0.5) is 5.69 Å². The molecular formula is C13H7N5O2. The van der Waals surface area contributed by atoms with Crippen molar-refractivity contribution >= 4 is 16.6 Å². The molecule has 2 heterocycles. The highest BCUT2D eigenvalue weighted by atomic mass is 16.6. The molecule has 0 aliphatic rings. The van der Waals surface area contributed by atoms with Gasteiger partial charge in [-0.05, 0) is 12.1 Å². The average molecular weight is 265 g/mol. The van der Waals surface area contributed by atoms with E-state index in [2.05, 4.69) is 10.1 Å². The zero-order valence-electron chi connectivity index (χ0n) is 10.1. The number of nitrogens with zero attached hydrogens (tertiary/aromatic N) is 5. The molecule has 0 fully saturated rings. The summed E-state index contributed by atoms with van der Waals surface area (Å²) < 4.78 is 1.24. The van der Waals surface area contributed by atoms with E-state index in [0.717, 1.165) is 11.6 Å². The molecule has 7 nitrogen and oxygen atoms in total. The molecule has 1 aromatic carbocycles. The van der Waals surface area contributed by atoms with Crippen LogP contribution in [0.15, 0.2) is 42.7 Å². The van der Waals surface area contributed by atoms with Crippen molar-refractivity contribution in [1.82, 2.24) is 14.8 Å². The second-order valence-electron chi connectivity index (χ2n) is 4.06. The van der Waals surface area contributed by atoms with Crippen LogP contribution in [0.3, 0.4) is 0 Å². The van der Waals surface area contributed by atoms with E-state index >= 15 is 0 Å². The molecule has 0 saturated heterocycles. The highest BCUT2D eigenvalue weighted by Crippen LogP contribution is 2.20. The van der Waals surface area contributed by atoms with Crippen molar-refractivity contribution in [3.63, 3.8) is 0 Å². The Morgan fingerprint density at radius 2 is 2.15 bits per heavy atom. The zero-order valence-corrected chi connectivity index (χ0v) is 10.1. The van der Waals surface area contributed by atoms with Gasteiger partial charge in [0, 0.05) is 5.39 Å². The summed E-state index contributed by atoms with van der Waals surface area (Å²) in [6.45, 7) is 0. The van der Waals surface area contributed by atoms with Gasteiger partial charge in [0.1, 0.15) is 18.5 Å². The van der Waals surface area contributed by atoms with E-state index in [1.165, 1.54) is 10.9 Å². The fraction of sp³-hybridized carbons (Fsp3) is 0. The molecule has 0 atom stereocenters. The second kappa shape index (κ2) is 4.44. The first kappa shape index (κ1) is 11.8. The van der Waals surface area contributed by atoms with Crippen LogP contribution in [0, 0.1) is 21.4 Å². The minimum absolute atomic E-state index is 0.149. The molecule has 3 aromatic rings. The van der Waals surface area contributed by atoms with Crippen molar-refractivity contribution in [1.29, 1.82) is 5.26 Å². The highest BCUT2D eigenvalue weighted by molar-refractivity contribution is 5.81. The Bertz CT molecular complexity index is 863. The fourth-order valence-corrected chi connectivity index (χ4v) is 1.89. The summed E-state index contributed by atoms with van der Waals surface area (Å²) in [5.41, 5.74) is 0.852. The number of fused-ring (bicyclic) bond motifs is 1. The SMILES string of the molecule is N#Cc1cc2ccccc2nc1-n1cc([N+](=O)[O-])cn1. The Kier molecular flexibility index (Phi) is 2.62. The Morgan fingerprint density at radius 1 is 1.35 bits per heavy atom. The number of nitriles is 1. The van der Waals surface area contributed by atoms with Gasteiger partial charge in [-0.3, -0.25) is 10.1 Å². The predicted molar refractivity (Wildman–Crippen MR) is 70.2 cm³/mol. The van der Waals surface area contributed by atoms with Gasteiger partial charge in [0.15, 0.2) is 5.82 Å². The summed E-state index contributed by atoms with van der Waals surface area (Å²) in [6, 6.07) is 11.0. The lowest BCUT2D eigenvalue weighted by Crippen LogP contribution is -2.01.